The van der Waals surface area contributed by atoms with Gasteiger partial charge in [0.25, 0.3) is 0 Å². The van der Waals surface area contributed by atoms with Crippen molar-refractivity contribution >= 4 is 41.1 Å². The topological polar surface area (TPSA) is 141 Å². The average Bonchev–Trinajstić information content (AvgIpc) is 3.52. The Labute approximate surface area is 246 Å². The van der Waals surface area contributed by atoms with Crippen LogP contribution in [0.1, 0.15) is 35.7 Å². The lowest BCUT2D eigenvalue weighted by atomic mass is 9.98. The lowest BCUT2D eigenvalue weighted by molar-refractivity contribution is -0.139. The number of hydrogen-bond donors (Lipinski definition) is 2. The summed E-state index contributed by atoms with van der Waals surface area (Å²) in [6.07, 6.45) is 10.4. The quantitative estimate of drug-likeness (QED) is 0.195. The Kier molecular flexibility index (Phi) is 8.78. The number of nitrogens with zero attached hydrogens (tertiary/aromatic N) is 5. The summed E-state index contributed by atoms with van der Waals surface area (Å²) in [7, 11) is 1.33. The molecule has 0 radical (unpaired) electrons. The van der Waals surface area contributed by atoms with Crippen molar-refractivity contribution in [3.8, 4) is 16.8 Å². The Hall–Kier alpha value is -5.16. The second-order valence-electron chi connectivity index (χ2n) is 9.41. The van der Waals surface area contributed by atoms with Crippen molar-refractivity contribution in [1.82, 2.24) is 30.5 Å². The van der Waals surface area contributed by atoms with Gasteiger partial charge >= 0.3 is 5.97 Å². The monoisotopic (exact) mass is 583 g/mol. The first-order valence-corrected chi connectivity index (χ1v) is 13.4. The summed E-state index contributed by atoms with van der Waals surface area (Å²) in [5, 5.41) is 17.7. The summed E-state index contributed by atoms with van der Waals surface area (Å²) in [5.41, 5.74) is 4.78. The standard InChI is InChI=1S/C30H26ClN7O4/c1-42-30(41)15-19-6-9-23-20-12-13-32-26(17-20)24(4-2-3-5-28(39)35-25(23)14-19)34-29(40)11-7-21-16-22(31)8-10-27(21)38-18-33-36-37-38/h2-3,6-14,16-18,24H,4-5,15H2,1H3,(H,34,40)(H,35,39)/b3-2+,11-7+/t24-/m0/s1. The molecule has 0 spiro atoms. The molecule has 0 aliphatic carbocycles. The predicted octanol–water partition coefficient (Wildman–Crippen LogP) is 4.25. The molecule has 2 N–H and O–H groups in total. The highest BCUT2D eigenvalue weighted by molar-refractivity contribution is 6.30. The van der Waals surface area contributed by atoms with E-state index in [4.69, 9.17) is 16.3 Å². The van der Waals surface area contributed by atoms with Gasteiger partial charge < -0.3 is 15.4 Å². The molecule has 5 rings (SSSR count). The number of carbonyl (C=O) groups excluding carboxylic acids is 3. The van der Waals surface area contributed by atoms with E-state index in [1.165, 1.54) is 24.2 Å². The molecule has 1 atom stereocenters. The van der Waals surface area contributed by atoms with Gasteiger partial charge in [0, 0.05) is 40.5 Å². The fraction of sp³-hybridized carbons (Fsp3) is 0.167. The highest BCUT2D eigenvalue weighted by Gasteiger charge is 2.18. The van der Waals surface area contributed by atoms with Crippen LogP contribution in [0.2, 0.25) is 5.02 Å². The van der Waals surface area contributed by atoms with Gasteiger partial charge in [0.15, 0.2) is 0 Å². The van der Waals surface area contributed by atoms with Crippen LogP contribution in [-0.2, 0) is 25.5 Å². The molecular formula is C30H26ClN7O4. The second-order valence-corrected chi connectivity index (χ2v) is 9.85. The van der Waals surface area contributed by atoms with Crippen molar-refractivity contribution < 1.29 is 19.1 Å². The van der Waals surface area contributed by atoms with Crippen LogP contribution in [0.25, 0.3) is 22.9 Å². The van der Waals surface area contributed by atoms with E-state index in [0.717, 1.165) is 11.1 Å². The number of tetrazole rings is 1. The molecule has 2 aromatic heterocycles. The Bertz CT molecular complexity index is 1680. The number of anilines is 1. The van der Waals surface area contributed by atoms with Gasteiger partial charge in [0.1, 0.15) is 6.33 Å². The van der Waals surface area contributed by atoms with Gasteiger partial charge in [-0.15, -0.1) is 5.10 Å². The van der Waals surface area contributed by atoms with Crippen LogP contribution in [0.4, 0.5) is 5.69 Å². The molecule has 12 heteroatoms. The van der Waals surface area contributed by atoms with Gasteiger partial charge in [-0.1, -0.05) is 35.9 Å². The van der Waals surface area contributed by atoms with E-state index < -0.39 is 6.04 Å². The number of methoxy groups -OCH3 is 1. The molecule has 42 heavy (non-hydrogen) atoms. The number of hydrogen-bond acceptors (Lipinski definition) is 8. The Balaban J connectivity index is 1.43. The van der Waals surface area contributed by atoms with Crippen LogP contribution in [0, 0.1) is 0 Å². The minimum absolute atomic E-state index is 0.0785. The van der Waals surface area contributed by atoms with Crippen molar-refractivity contribution in [1.29, 1.82) is 0 Å². The minimum atomic E-state index is -0.471. The number of rotatable bonds is 6. The Morgan fingerprint density at radius 2 is 2.05 bits per heavy atom. The van der Waals surface area contributed by atoms with Crippen LogP contribution < -0.4 is 10.6 Å². The van der Waals surface area contributed by atoms with Crippen LogP contribution >= 0.6 is 11.6 Å². The number of benzene rings is 2. The number of nitrogens with one attached hydrogen (secondary N) is 2. The molecule has 0 saturated heterocycles. The van der Waals surface area contributed by atoms with Crippen molar-refractivity contribution in [2.45, 2.75) is 25.3 Å². The molecule has 4 aromatic rings. The number of halogens is 1. The maximum atomic E-state index is 13.1. The van der Waals surface area contributed by atoms with E-state index in [9.17, 15) is 14.4 Å². The maximum Gasteiger partial charge on any atom is 0.309 e. The lowest BCUT2D eigenvalue weighted by Gasteiger charge is -2.19. The van der Waals surface area contributed by atoms with E-state index in [1.54, 1.807) is 42.6 Å². The number of carbonyl (C=O) groups is 3. The zero-order chi connectivity index (χ0) is 29.5. The molecular weight excluding hydrogens is 558 g/mol. The highest BCUT2D eigenvalue weighted by Crippen LogP contribution is 2.32. The Morgan fingerprint density at radius 1 is 1.17 bits per heavy atom. The van der Waals surface area contributed by atoms with Crippen LogP contribution in [-0.4, -0.2) is 50.1 Å². The summed E-state index contributed by atoms with van der Waals surface area (Å²) in [5.74, 6) is -0.930. The van der Waals surface area contributed by atoms with Gasteiger partial charge in [-0.25, -0.2) is 0 Å². The highest BCUT2D eigenvalue weighted by atomic mass is 35.5. The van der Waals surface area contributed by atoms with E-state index in [-0.39, 0.29) is 30.6 Å². The summed E-state index contributed by atoms with van der Waals surface area (Å²) in [6, 6.07) is 13.8. The smallest absolute Gasteiger partial charge is 0.309 e. The normalized spacial score (nSPS) is 15.6. The predicted molar refractivity (Wildman–Crippen MR) is 156 cm³/mol. The first kappa shape index (κ1) is 28.4. The van der Waals surface area contributed by atoms with Crippen molar-refractivity contribution in [2.75, 3.05) is 12.4 Å². The molecule has 0 saturated carbocycles. The minimum Gasteiger partial charge on any atom is -0.469 e. The van der Waals surface area contributed by atoms with Crippen molar-refractivity contribution in [3.05, 3.63) is 101 Å². The molecule has 0 unspecified atom stereocenters. The van der Waals surface area contributed by atoms with Crippen molar-refractivity contribution in [3.63, 3.8) is 0 Å². The summed E-state index contributed by atoms with van der Waals surface area (Å²) in [6.45, 7) is 0. The van der Waals surface area contributed by atoms with Gasteiger partial charge in [-0.05, 0) is 70.4 Å². The lowest BCUT2D eigenvalue weighted by Crippen LogP contribution is -2.27. The van der Waals surface area contributed by atoms with E-state index in [2.05, 4.69) is 31.1 Å². The number of ether oxygens (including phenoxy) is 1. The number of amides is 2. The third-order valence-corrected chi connectivity index (χ3v) is 6.78. The summed E-state index contributed by atoms with van der Waals surface area (Å²) in [4.78, 5) is 42.2. The molecule has 2 amide bonds. The summed E-state index contributed by atoms with van der Waals surface area (Å²) < 4.78 is 6.26. The fourth-order valence-corrected chi connectivity index (χ4v) is 4.68. The van der Waals surface area contributed by atoms with Crippen LogP contribution in [0.3, 0.4) is 0 Å². The third kappa shape index (κ3) is 6.94. The number of pyridine rings is 1. The number of fused-ring (bicyclic) bond motifs is 4. The zero-order valence-electron chi connectivity index (χ0n) is 22.5. The Morgan fingerprint density at radius 3 is 2.86 bits per heavy atom. The van der Waals surface area contributed by atoms with Gasteiger partial charge in [-0.2, -0.15) is 4.68 Å². The molecule has 2 bridgehead atoms. The van der Waals surface area contributed by atoms with E-state index in [1.807, 2.05) is 30.3 Å². The SMILES string of the molecule is COC(=O)Cc1ccc2c(c1)NC(=O)C/C=C/C[C@H](NC(=O)/C=C/c1cc(Cl)ccc1-n1cnnn1)c1cc-2ccn1. The van der Waals surface area contributed by atoms with Gasteiger partial charge in [-0.3, -0.25) is 19.4 Å². The molecule has 11 nitrogen and oxygen atoms in total. The first-order valence-electron chi connectivity index (χ1n) is 13.0. The zero-order valence-corrected chi connectivity index (χ0v) is 23.3. The van der Waals surface area contributed by atoms with Crippen LogP contribution in [0.15, 0.2) is 79.3 Å². The van der Waals surface area contributed by atoms with Crippen LogP contribution in [0.5, 0.6) is 0 Å². The fourth-order valence-electron chi connectivity index (χ4n) is 4.50. The van der Waals surface area contributed by atoms with Gasteiger partial charge in [0.2, 0.25) is 11.8 Å². The molecule has 212 valence electrons. The van der Waals surface area contributed by atoms with Gasteiger partial charge in [0.05, 0.1) is 31.0 Å². The molecule has 0 fully saturated rings. The third-order valence-electron chi connectivity index (χ3n) is 6.54. The first-order chi connectivity index (χ1) is 20.4. The van der Waals surface area contributed by atoms with Crippen molar-refractivity contribution in [2.24, 2.45) is 0 Å². The molecule has 1 aliphatic rings. The molecule has 3 heterocycles. The molecule has 1 aliphatic heterocycles. The maximum absolute atomic E-state index is 13.1. The van der Waals surface area contributed by atoms with E-state index >= 15 is 0 Å². The number of aromatic nitrogens is 5. The largest absolute Gasteiger partial charge is 0.469 e. The molecule has 2 aromatic carbocycles. The average molecular weight is 584 g/mol. The van der Waals surface area contributed by atoms with E-state index in [0.29, 0.717) is 39.6 Å². The number of esters is 1. The summed E-state index contributed by atoms with van der Waals surface area (Å²) >= 11 is 6.20. The second kappa shape index (κ2) is 13.0.